The average Bonchev–Trinajstić information content (AvgIpc) is 2.45. The maximum Gasteiger partial charge on any atom is 0.228 e. The highest BCUT2D eigenvalue weighted by Crippen LogP contribution is 2.30. The van der Waals surface area contributed by atoms with Crippen LogP contribution in [-0.4, -0.2) is 6.61 Å². The third-order valence-electron chi connectivity index (χ3n) is 2.35. The van der Waals surface area contributed by atoms with E-state index in [1.165, 1.54) is 0 Å². The van der Waals surface area contributed by atoms with E-state index in [1.807, 2.05) is 36.4 Å². The van der Waals surface area contributed by atoms with Gasteiger partial charge in [0.1, 0.15) is 12.4 Å². The quantitative estimate of drug-likeness (QED) is 0.591. The number of halogens is 1. The summed E-state index contributed by atoms with van der Waals surface area (Å²) in [4.78, 5) is 3.40. The molecule has 2 nitrogen and oxygen atoms in total. The molecule has 0 heterocycles. The van der Waals surface area contributed by atoms with Crippen molar-refractivity contribution in [2.24, 2.45) is 0 Å². The van der Waals surface area contributed by atoms with E-state index in [0.717, 1.165) is 10.0 Å². The Bertz CT molecular complexity index is 663. The van der Waals surface area contributed by atoms with Crippen molar-refractivity contribution in [2.75, 3.05) is 6.61 Å². The van der Waals surface area contributed by atoms with E-state index in [1.54, 1.807) is 12.1 Å². The first-order chi connectivity index (χ1) is 9.29. The first-order valence-corrected chi connectivity index (χ1v) is 6.42. The van der Waals surface area contributed by atoms with Crippen LogP contribution in [0.3, 0.4) is 0 Å². The molecule has 0 aliphatic rings. The Kier molecular flexibility index (Phi) is 4.61. The van der Waals surface area contributed by atoms with Gasteiger partial charge >= 0.3 is 0 Å². The second-order valence-electron chi connectivity index (χ2n) is 3.68. The first kappa shape index (κ1) is 13.2. The zero-order valence-corrected chi connectivity index (χ0v) is 11.6. The van der Waals surface area contributed by atoms with Crippen LogP contribution >= 0.6 is 15.9 Å². The number of hydrogen-bond donors (Lipinski definition) is 0. The number of ether oxygens (including phenoxy) is 1. The van der Waals surface area contributed by atoms with E-state index < -0.39 is 0 Å². The summed E-state index contributed by atoms with van der Waals surface area (Å²) in [5.41, 5.74) is 1.44. The van der Waals surface area contributed by atoms with E-state index in [-0.39, 0.29) is 6.61 Å². The normalized spacial score (nSPS) is 9.05. The van der Waals surface area contributed by atoms with E-state index in [9.17, 15) is 0 Å². The van der Waals surface area contributed by atoms with Gasteiger partial charge in [-0.25, -0.2) is 4.85 Å². The molecule has 92 valence electrons. The molecule has 0 unspecified atom stereocenters. The van der Waals surface area contributed by atoms with Gasteiger partial charge in [0.05, 0.1) is 6.57 Å². The lowest BCUT2D eigenvalue weighted by molar-refractivity contribution is 0.372. The predicted molar refractivity (Wildman–Crippen MR) is 79.2 cm³/mol. The van der Waals surface area contributed by atoms with E-state index >= 15 is 0 Å². The molecule has 0 saturated heterocycles. The maximum atomic E-state index is 7.06. The Labute approximate surface area is 121 Å². The molecule has 2 aromatic rings. The van der Waals surface area contributed by atoms with E-state index in [4.69, 9.17) is 11.3 Å². The van der Waals surface area contributed by atoms with Crippen molar-refractivity contribution in [3.05, 3.63) is 70.0 Å². The summed E-state index contributed by atoms with van der Waals surface area (Å²) in [5, 5.41) is 0. The minimum absolute atomic E-state index is 0.258. The minimum atomic E-state index is 0.258. The van der Waals surface area contributed by atoms with Crippen LogP contribution in [0.4, 0.5) is 5.69 Å². The second-order valence-corrected chi connectivity index (χ2v) is 4.60. The zero-order valence-electron chi connectivity index (χ0n) is 10.1. The van der Waals surface area contributed by atoms with Crippen molar-refractivity contribution < 1.29 is 4.74 Å². The molecule has 0 aliphatic heterocycles. The molecule has 0 fully saturated rings. The first-order valence-electron chi connectivity index (χ1n) is 5.63. The second kappa shape index (κ2) is 6.64. The molecule has 0 bridgehead atoms. The highest BCUT2D eigenvalue weighted by Gasteiger charge is 2.03. The maximum absolute atomic E-state index is 7.06. The molecule has 0 aromatic heterocycles. The van der Waals surface area contributed by atoms with Gasteiger partial charge in [0.15, 0.2) is 0 Å². The molecule has 0 aliphatic carbocycles. The summed E-state index contributed by atoms with van der Waals surface area (Å²) in [5.74, 6) is 6.48. The largest absolute Gasteiger partial charge is 0.492 e. The van der Waals surface area contributed by atoms with E-state index in [2.05, 4.69) is 32.6 Å². The SMILES string of the molecule is [C-]#[N+]c1ccc(Br)cc1OCC#Cc1ccccc1. The van der Waals surface area contributed by atoms with Gasteiger partial charge in [-0.3, -0.25) is 0 Å². The molecule has 0 saturated carbocycles. The summed E-state index contributed by atoms with van der Waals surface area (Å²) in [7, 11) is 0. The van der Waals surface area contributed by atoms with Crippen LogP contribution in [0.2, 0.25) is 0 Å². The highest BCUT2D eigenvalue weighted by molar-refractivity contribution is 9.10. The summed E-state index contributed by atoms with van der Waals surface area (Å²) in [6.45, 7) is 7.32. The van der Waals surface area contributed by atoms with Crippen molar-refractivity contribution in [1.82, 2.24) is 0 Å². The Morgan fingerprint density at radius 2 is 1.95 bits per heavy atom. The van der Waals surface area contributed by atoms with Crippen LogP contribution in [0.15, 0.2) is 53.0 Å². The molecule has 2 aromatic carbocycles. The predicted octanol–water partition coefficient (Wildman–Crippen LogP) is 4.43. The van der Waals surface area contributed by atoms with Crippen LogP contribution in [0.25, 0.3) is 4.85 Å². The number of hydrogen-bond acceptors (Lipinski definition) is 1. The molecular weight excluding hydrogens is 302 g/mol. The zero-order chi connectivity index (χ0) is 13.5. The topological polar surface area (TPSA) is 13.6 Å². The highest BCUT2D eigenvalue weighted by atomic mass is 79.9. The van der Waals surface area contributed by atoms with Crippen LogP contribution in [0, 0.1) is 18.4 Å². The smallest absolute Gasteiger partial charge is 0.228 e. The Morgan fingerprint density at radius 1 is 1.16 bits per heavy atom. The van der Waals surface area contributed by atoms with Gasteiger partial charge in [-0.05, 0) is 18.2 Å². The fraction of sp³-hybridized carbons (Fsp3) is 0.0625. The number of rotatable bonds is 2. The number of benzene rings is 2. The monoisotopic (exact) mass is 311 g/mol. The lowest BCUT2D eigenvalue weighted by Crippen LogP contribution is -1.94. The van der Waals surface area contributed by atoms with Crippen molar-refractivity contribution >= 4 is 21.6 Å². The Hall–Kier alpha value is -2.23. The third-order valence-corrected chi connectivity index (χ3v) is 2.84. The van der Waals surface area contributed by atoms with Crippen LogP contribution in [-0.2, 0) is 0 Å². The molecule has 0 radical (unpaired) electrons. The average molecular weight is 312 g/mol. The van der Waals surface area contributed by atoms with Crippen LogP contribution in [0.1, 0.15) is 5.56 Å². The molecule has 19 heavy (non-hydrogen) atoms. The van der Waals surface area contributed by atoms with Gasteiger partial charge in [0.25, 0.3) is 0 Å². The Balaban J connectivity index is 2.03. The molecule has 0 N–H and O–H groups in total. The third kappa shape index (κ3) is 3.88. The minimum Gasteiger partial charge on any atom is -0.492 e. The van der Waals surface area contributed by atoms with Gasteiger partial charge in [0.2, 0.25) is 5.69 Å². The number of nitrogens with zero attached hydrogens (tertiary/aromatic N) is 1. The molecule has 0 amide bonds. The lowest BCUT2D eigenvalue weighted by Gasteiger charge is -2.04. The Morgan fingerprint density at radius 3 is 2.68 bits per heavy atom. The van der Waals surface area contributed by atoms with Crippen LogP contribution < -0.4 is 4.74 Å². The molecule has 2 rings (SSSR count). The van der Waals surface area contributed by atoms with Gasteiger partial charge in [-0.1, -0.05) is 58.1 Å². The molecule has 0 atom stereocenters. The van der Waals surface area contributed by atoms with Gasteiger partial charge in [-0.2, -0.15) is 0 Å². The van der Waals surface area contributed by atoms with Crippen LogP contribution in [0.5, 0.6) is 5.75 Å². The fourth-order valence-electron chi connectivity index (χ4n) is 1.47. The summed E-state index contributed by atoms with van der Waals surface area (Å²) < 4.78 is 6.39. The van der Waals surface area contributed by atoms with Crippen molar-refractivity contribution in [3.63, 3.8) is 0 Å². The summed E-state index contributed by atoms with van der Waals surface area (Å²) >= 11 is 3.35. The molecule has 3 heteroatoms. The fourth-order valence-corrected chi connectivity index (χ4v) is 1.81. The van der Waals surface area contributed by atoms with Gasteiger partial charge in [-0.15, -0.1) is 0 Å². The van der Waals surface area contributed by atoms with Crippen molar-refractivity contribution in [1.29, 1.82) is 0 Å². The molecular formula is C16H10BrNO. The summed E-state index contributed by atoms with van der Waals surface area (Å²) in [6, 6.07) is 15.0. The van der Waals surface area contributed by atoms with Crippen molar-refractivity contribution in [3.8, 4) is 17.6 Å². The summed E-state index contributed by atoms with van der Waals surface area (Å²) in [6.07, 6.45) is 0. The van der Waals surface area contributed by atoms with E-state index in [0.29, 0.717) is 11.4 Å². The van der Waals surface area contributed by atoms with Gasteiger partial charge in [0, 0.05) is 10.0 Å². The molecule has 0 spiro atoms. The van der Waals surface area contributed by atoms with Crippen molar-refractivity contribution in [2.45, 2.75) is 0 Å². The lowest BCUT2D eigenvalue weighted by atomic mass is 10.2. The van der Waals surface area contributed by atoms with Gasteiger partial charge < -0.3 is 4.74 Å². The standard InChI is InChI=1S/C16H10BrNO/c1-18-15-10-9-14(17)12-16(15)19-11-5-8-13-6-3-2-4-7-13/h2-4,6-7,9-10,12H,11H2.